The predicted molar refractivity (Wildman–Crippen MR) is 90.9 cm³/mol. The lowest BCUT2D eigenvalue weighted by atomic mass is 10.1. The van der Waals surface area contributed by atoms with E-state index in [1.165, 1.54) is 0 Å². The highest BCUT2D eigenvalue weighted by Crippen LogP contribution is 2.24. The Morgan fingerprint density at radius 3 is 2.36 bits per heavy atom. The van der Waals surface area contributed by atoms with Crippen molar-refractivity contribution in [3.05, 3.63) is 71.2 Å². The van der Waals surface area contributed by atoms with Gasteiger partial charge in [0.2, 0.25) is 0 Å². The minimum atomic E-state index is -3.64. The number of hydrogen-bond donors (Lipinski definition) is 1. The molecule has 0 saturated carbocycles. The van der Waals surface area contributed by atoms with Crippen LogP contribution in [0.25, 0.3) is 10.8 Å². The fourth-order valence-corrected chi connectivity index (χ4v) is 3.47. The van der Waals surface area contributed by atoms with Crippen LogP contribution in [0.4, 0.5) is 5.69 Å². The summed E-state index contributed by atoms with van der Waals surface area (Å²) in [5, 5.41) is 2.41. The molecule has 5 heteroatoms. The van der Waals surface area contributed by atoms with Crippen LogP contribution < -0.4 is 4.72 Å². The van der Waals surface area contributed by atoms with Crippen molar-refractivity contribution in [1.82, 2.24) is 0 Å². The number of rotatable bonds is 3. The summed E-state index contributed by atoms with van der Waals surface area (Å²) < 4.78 is 27.5. The SMILES string of the molecule is Cc1ccc(NS(=O)(=O)c2ccc3ccccc3c2)cc1Cl. The summed E-state index contributed by atoms with van der Waals surface area (Å²) in [6.07, 6.45) is 0. The zero-order valence-corrected chi connectivity index (χ0v) is 13.4. The molecule has 0 bridgehead atoms. The van der Waals surface area contributed by atoms with Crippen molar-refractivity contribution in [2.24, 2.45) is 0 Å². The molecule has 112 valence electrons. The van der Waals surface area contributed by atoms with Gasteiger partial charge in [-0.3, -0.25) is 4.72 Å². The van der Waals surface area contributed by atoms with E-state index in [0.29, 0.717) is 10.7 Å². The number of halogens is 1. The highest BCUT2D eigenvalue weighted by molar-refractivity contribution is 7.92. The predicted octanol–water partition coefficient (Wildman–Crippen LogP) is 4.60. The third kappa shape index (κ3) is 2.93. The minimum Gasteiger partial charge on any atom is -0.280 e. The van der Waals surface area contributed by atoms with Gasteiger partial charge in [-0.25, -0.2) is 8.42 Å². The van der Waals surface area contributed by atoms with Crippen LogP contribution in [-0.4, -0.2) is 8.42 Å². The molecule has 0 aliphatic carbocycles. The summed E-state index contributed by atoms with van der Waals surface area (Å²) in [5.74, 6) is 0. The molecule has 3 rings (SSSR count). The summed E-state index contributed by atoms with van der Waals surface area (Å²) in [6.45, 7) is 1.87. The van der Waals surface area contributed by atoms with Gasteiger partial charge in [-0.05, 0) is 47.5 Å². The summed E-state index contributed by atoms with van der Waals surface area (Å²) in [7, 11) is -3.64. The van der Waals surface area contributed by atoms with E-state index >= 15 is 0 Å². The van der Waals surface area contributed by atoms with Gasteiger partial charge >= 0.3 is 0 Å². The first kappa shape index (κ1) is 14.9. The number of anilines is 1. The first-order chi connectivity index (χ1) is 10.5. The molecule has 3 aromatic carbocycles. The second-order valence-electron chi connectivity index (χ2n) is 5.08. The highest BCUT2D eigenvalue weighted by atomic mass is 35.5. The lowest BCUT2D eigenvalue weighted by molar-refractivity contribution is 0.601. The maximum Gasteiger partial charge on any atom is 0.261 e. The molecule has 3 aromatic rings. The van der Waals surface area contributed by atoms with E-state index in [1.54, 1.807) is 36.4 Å². The smallest absolute Gasteiger partial charge is 0.261 e. The normalized spacial score (nSPS) is 11.5. The van der Waals surface area contributed by atoms with E-state index in [-0.39, 0.29) is 4.90 Å². The van der Waals surface area contributed by atoms with Crippen molar-refractivity contribution < 1.29 is 8.42 Å². The van der Waals surface area contributed by atoms with Gasteiger partial charge in [0.15, 0.2) is 0 Å². The van der Waals surface area contributed by atoms with Crippen LogP contribution in [0.1, 0.15) is 5.56 Å². The van der Waals surface area contributed by atoms with Crippen LogP contribution in [0.15, 0.2) is 65.6 Å². The molecule has 0 saturated heterocycles. The number of hydrogen-bond acceptors (Lipinski definition) is 2. The molecular formula is C17H14ClNO2S. The van der Waals surface area contributed by atoms with Crippen LogP contribution >= 0.6 is 11.6 Å². The van der Waals surface area contributed by atoms with Crippen LogP contribution in [0, 0.1) is 6.92 Å². The monoisotopic (exact) mass is 331 g/mol. The van der Waals surface area contributed by atoms with Crippen molar-refractivity contribution in [2.75, 3.05) is 4.72 Å². The van der Waals surface area contributed by atoms with E-state index < -0.39 is 10.0 Å². The van der Waals surface area contributed by atoms with Gasteiger partial charge in [-0.2, -0.15) is 0 Å². The largest absolute Gasteiger partial charge is 0.280 e. The molecule has 0 heterocycles. The molecule has 0 fully saturated rings. The zero-order valence-electron chi connectivity index (χ0n) is 11.9. The van der Waals surface area contributed by atoms with Gasteiger partial charge in [-0.15, -0.1) is 0 Å². The fourth-order valence-electron chi connectivity index (χ4n) is 2.20. The van der Waals surface area contributed by atoms with E-state index in [0.717, 1.165) is 16.3 Å². The van der Waals surface area contributed by atoms with Crippen LogP contribution in [0.3, 0.4) is 0 Å². The van der Waals surface area contributed by atoms with Gasteiger partial charge in [0.1, 0.15) is 0 Å². The van der Waals surface area contributed by atoms with Crippen molar-refractivity contribution in [1.29, 1.82) is 0 Å². The maximum absolute atomic E-state index is 12.5. The van der Waals surface area contributed by atoms with E-state index in [2.05, 4.69) is 4.72 Å². The topological polar surface area (TPSA) is 46.2 Å². The third-order valence-corrected chi connectivity index (χ3v) is 5.24. The summed E-state index contributed by atoms with van der Waals surface area (Å²) >= 11 is 6.03. The molecule has 0 aliphatic heterocycles. The maximum atomic E-state index is 12.5. The molecule has 0 unspecified atom stereocenters. The number of nitrogens with one attached hydrogen (secondary N) is 1. The van der Waals surface area contributed by atoms with Gasteiger partial charge in [0.25, 0.3) is 10.0 Å². The summed E-state index contributed by atoms with van der Waals surface area (Å²) in [4.78, 5) is 0.225. The molecule has 0 aliphatic rings. The van der Waals surface area contributed by atoms with E-state index in [1.807, 2.05) is 31.2 Å². The Bertz CT molecular complexity index is 952. The lowest BCUT2D eigenvalue weighted by Crippen LogP contribution is -2.12. The first-order valence-electron chi connectivity index (χ1n) is 6.73. The van der Waals surface area contributed by atoms with Crippen molar-refractivity contribution in [3.63, 3.8) is 0 Å². The quantitative estimate of drug-likeness (QED) is 0.762. The number of aryl methyl sites for hydroxylation is 1. The molecule has 0 radical (unpaired) electrons. The Morgan fingerprint density at radius 1 is 0.909 bits per heavy atom. The van der Waals surface area contributed by atoms with E-state index in [4.69, 9.17) is 11.6 Å². The second kappa shape index (κ2) is 5.63. The zero-order chi connectivity index (χ0) is 15.7. The van der Waals surface area contributed by atoms with Crippen LogP contribution in [0.2, 0.25) is 5.02 Å². The van der Waals surface area contributed by atoms with Crippen LogP contribution in [-0.2, 0) is 10.0 Å². The standard InChI is InChI=1S/C17H14ClNO2S/c1-12-6-8-15(11-17(12)18)19-22(20,21)16-9-7-13-4-2-3-5-14(13)10-16/h2-11,19H,1H3. The van der Waals surface area contributed by atoms with Gasteiger partial charge in [0, 0.05) is 5.02 Å². The second-order valence-corrected chi connectivity index (χ2v) is 7.17. The third-order valence-electron chi connectivity index (χ3n) is 3.46. The molecule has 22 heavy (non-hydrogen) atoms. The van der Waals surface area contributed by atoms with Crippen molar-refractivity contribution in [2.45, 2.75) is 11.8 Å². The number of sulfonamides is 1. The highest BCUT2D eigenvalue weighted by Gasteiger charge is 2.15. The average Bonchev–Trinajstić information content (AvgIpc) is 2.50. The van der Waals surface area contributed by atoms with Crippen molar-refractivity contribution in [3.8, 4) is 0 Å². The Labute approximate surface area is 134 Å². The Balaban J connectivity index is 1.98. The molecule has 3 nitrogen and oxygen atoms in total. The first-order valence-corrected chi connectivity index (χ1v) is 8.60. The number of fused-ring (bicyclic) bond motifs is 1. The summed E-state index contributed by atoms with van der Waals surface area (Å²) in [5.41, 5.74) is 1.35. The molecule has 0 aromatic heterocycles. The Kier molecular flexibility index (Phi) is 3.81. The van der Waals surface area contributed by atoms with Crippen LogP contribution in [0.5, 0.6) is 0 Å². The lowest BCUT2D eigenvalue weighted by Gasteiger charge is -2.10. The van der Waals surface area contributed by atoms with Gasteiger partial charge < -0.3 is 0 Å². The minimum absolute atomic E-state index is 0.225. The summed E-state index contributed by atoms with van der Waals surface area (Å²) in [6, 6.07) is 17.8. The van der Waals surface area contributed by atoms with Crippen molar-refractivity contribution >= 4 is 38.1 Å². The van der Waals surface area contributed by atoms with Gasteiger partial charge in [-0.1, -0.05) is 48.0 Å². The molecule has 1 N–H and O–H groups in total. The fraction of sp³-hybridized carbons (Fsp3) is 0.0588. The Hall–Kier alpha value is -2.04. The molecule has 0 spiro atoms. The Morgan fingerprint density at radius 2 is 1.64 bits per heavy atom. The molecular weight excluding hydrogens is 318 g/mol. The molecule has 0 amide bonds. The van der Waals surface area contributed by atoms with Gasteiger partial charge in [0.05, 0.1) is 10.6 Å². The molecule has 0 atom stereocenters. The van der Waals surface area contributed by atoms with E-state index in [9.17, 15) is 8.42 Å². The number of benzene rings is 3. The average molecular weight is 332 g/mol.